The summed E-state index contributed by atoms with van der Waals surface area (Å²) < 4.78 is 11.2. The van der Waals surface area contributed by atoms with Crippen LogP contribution in [0.2, 0.25) is 0 Å². The van der Waals surface area contributed by atoms with Crippen LogP contribution in [0, 0.1) is 0 Å². The fraction of sp³-hybridized carbons (Fsp3) is 0.909. The molecule has 1 aliphatic heterocycles. The molecule has 1 saturated heterocycles. The van der Waals surface area contributed by atoms with E-state index in [1.165, 1.54) is 205 Å². The molecular weight excluding hydrogens is 803 g/mol. The number of allylic oxidation sites excluding steroid dienone is 3. The average Bonchev–Trinajstić information content (AvgIpc) is 3.29. The number of rotatable bonds is 47. The highest BCUT2D eigenvalue weighted by molar-refractivity contribution is 5.76. The van der Waals surface area contributed by atoms with Crippen molar-refractivity contribution in [2.45, 2.75) is 307 Å². The van der Waals surface area contributed by atoms with Crippen LogP contribution < -0.4 is 5.32 Å². The number of aliphatic hydroxyl groups excluding tert-OH is 5. The molecule has 9 nitrogen and oxygen atoms in total. The Labute approximate surface area is 394 Å². The van der Waals surface area contributed by atoms with Gasteiger partial charge in [0.05, 0.1) is 25.4 Å². The number of nitrogens with one attached hydrogen (secondary N) is 1. The van der Waals surface area contributed by atoms with Crippen molar-refractivity contribution < 1.29 is 39.8 Å². The van der Waals surface area contributed by atoms with Crippen molar-refractivity contribution >= 4 is 5.91 Å². The number of hydrogen-bond acceptors (Lipinski definition) is 8. The molecular formula is C55H105NO8. The Bertz CT molecular complexity index is 1060. The van der Waals surface area contributed by atoms with Crippen molar-refractivity contribution in [3.8, 4) is 0 Å². The van der Waals surface area contributed by atoms with Crippen LogP contribution in [-0.4, -0.2) is 87.5 Å². The van der Waals surface area contributed by atoms with Crippen LogP contribution in [0.1, 0.15) is 264 Å². The van der Waals surface area contributed by atoms with E-state index in [0.29, 0.717) is 6.42 Å². The summed E-state index contributed by atoms with van der Waals surface area (Å²) in [7, 11) is 0. The van der Waals surface area contributed by atoms with E-state index >= 15 is 0 Å². The van der Waals surface area contributed by atoms with E-state index in [-0.39, 0.29) is 12.5 Å². The molecule has 1 rings (SSSR count). The number of carbonyl (C=O) groups is 1. The van der Waals surface area contributed by atoms with E-state index in [1.54, 1.807) is 6.08 Å². The molecule has 0 spiro atoms. The van der Waals surface area contributed by atoms with Crippen molar-refractivity contribution in [3.63, 3.8) is 0 Å². The van der Waals surface area contributed by atoms with Crippen LogP contribution in [0.15, 0.2) is 24.3 Å². The normalized spacial score (nSPS) is 20.1. The summed E-state index contributed by atoms with van der Waals surface area (Å²) in [6, 6.07) is -0.818. The molecule has 0 saturated carbocycles. The number of unbranched alkanes of at least 4 members (excludes halogenated alkanes) is 35. The van der Waals surface area contributed by atoms with E-state index in [0.717, 1.165) is 38.5 Å². The molecule has 1 amide bonds. The third-order valence-electron chi connectivity index (χ3n) is 13.3. The van der Waals surface area contributed by atoms with E-state index < -0.39 is 49.5 Å². The predicted molar refractivity (Wildman–Crippen MR) is 267 cm³/mol. The number of amides is 1. The van der Waals surface area contributed by atoms with Gasteiger partial charge in [0.15, 0.2) is 6.29 Å². The third kappa shape index (κ3) is 34.9. The number of ether oxygens (including phenoxy) is 2. The van der Waals surface area contributed by atoms with Gasteiger partial charge in [-0.1, -0.05) is 250 Å². The zero-order chi connectivity index (χ0) is 46.6. The summed E-state index contributed by atoms with van der Waals surface area (Å²) in [5.74, 6) is -0.181. The third-order valence-corrected chi connectivity index (χ3v) is 13.3. The lowest BCUT2D eigenvalue weighted by Gasteiger charge is -2.40. The summed E-state index contributed by atoms with van der Waals surface area (Å²) in [5, 5.41) is 54.4. The second-order valence-corrected chi connectivity index (χ2v) is 19.4. The molecule has 1 heterocycles. The lowest BCUT2D eigenvalue weighted by molar-refractivity contribution is -0.302. The van der Waals surface area contributed by atoms with Crippen LogP contribution >= 0.6 is 0 Å². The Balaban J connectivity index is 2.27. The van der Waals surface area contributed by atoms with Crippen molar-refractivity contribution in [2.75, 3.05) is 13.2 Å². The fourth-order valence-electron chi connectivity index (χ4n) is 8.88. The van der Waals surface area contributed by atoms with E-state index in [1.807, 2.05) is 6.08 Å². The molecule has 6 N–H and O–H groups in total. The van der Waals surface area contributed by atoms with Gasteiger partial charge in [-0.3, -0.25) is 4.79 Å². The summed E-state index contributed by atoms with van der Waals surface area (Å²) in [4.78, 5) is 13.0. The van der Waals surface area contributed by atoms with Gasteiger partial charge in [0, 0.05) is 6.42 Å². The molecule has 7 unspecified atom stereocenters. The smallest absolute Gasteiger partial charge is 0.220 e. The standard InChI is InChI=1S/C55H105NO8/c1-3-5-7-9-11-13-15-17-19-21-23-25-27-29-31-33-35-37-39-41-43-45-51(59)56-48(47-63-55-54(62)53(61)52(60)50(46-57)64-55)49(58)44-42-40-38-36-34-32-30-28-26-24-22-20-18-16-14-12-10-8-6-4-2/h34,36,42,44,48-50,52-55,57-58,60-62H,3-33,35,37-41,43,45-47H2,1-2H3,(H,56,59)/b36-34+,44-42+. The molecule has 64 heavy (non-hydrogen) atoms. The lowest BCUT2D eigenvalue weighted by Crippen LogP contribution is -2.60. The van der Waals surface area contributed by atoms with E-state index in [4.69, 9.17) is 9.47 Å². The van der Waals surface area contributed by atoms with Crippen molar-refractivity contribution in [3.05, 3.63) is 24.3 Å². The Hall–Kier alpha value is -1.33. The monoisotopic (exact) mass is 908 g/mol. The van der Waals surface area contributed by atoms with Gasteiger partial charge in [-0.15, -0.1) is 0 Å². The highest BCUT2D eigenvalue weighted by Crippen LogP contribution is 2.23. The maximum Gasteiger partial charge on any atom is 0.220 e. The highest BCUT2D eigenvalue weighted by Gasteiger charge is 2.44. The van der Waals surface area contributed by atoms with Crippen molar-refractivity contribution in [1.82, 2.24) is 5.32 Å². The van der Waals surface area contributed by atoms with E-state index in [2.05, 4.69) is 31.3 Å². The summed E-state index contributed by atoms with van der Waals surface area (Å²) in [6.45, 7) is 3.79. The van der Waals surface area contributed by atoms with Gasteiger partial charge in [0.1, 0.15) is 24.4 Å². The topological polar surface area (TPSA) is 149 Å². The Kier molecular flexibility index (Phi) is 43.1. The minimum Gasteiger partial charge on any atom is -0.394 e. The molecule has 7 atom stereocenters. The average molecular weight is 908 g/mol. The first kappa shape index (κ1) is 60.7. The highest BCUT2D eigenvalue weighted by atomic mass is 16.7. The molecule has 1 fully saturated rings. The Morgan fingerprint density at radius 3 is 1.31 bits per heavy atom. The van der Waals surface area contributed by atoms with Gasteiger partial charge >= 0.3 is 0 Å². The second-order valence-electron chi connectivity index (χ2n) is 19.4. The summed E-state index contributed by atoms with van der Waals surface area (Å²) in [5.41, 5.74) is 0. The minimum atomic E-state index is -1.57. The first-order chi connectivity index (χ1) is 31.3. The van der Waals surface area contributed by atoms with Gasteiger partial charge in [-0.2, -0.15) is 0 Å². The molecule has 9 heteroatoms. The zero-order valence-electron chi connectivity index (χ0n) is 41.8. The van der Waals surface area contributed by atoms with Gasteiger partial charge in [-0.05, 0) is 32.1 Å². The van der Waals surface area contributed by atoms with Crippen LogP contribution in [0.3, 0.4) is 0 Å². The lowest BCUT2D eigenvalue weighted by atomic mass is 9.99. The first-order valence-corrected chi connectivity index (χ1v) is 27.6. The molecule has 0 aromatic rings. The quantitative estimate of drug-likeness (QED) is 0.0261. The number of carbonyl (C=O) groups excluding carboxylic acids is 1. The summed E-state index contributed by atoms with van der Waals surface area (Å²) in [6.07, 6.45) is 49.5. The second kappa shape index (κ2) is 45.5. The minimum absolute atomic E-state index is 0.181. The molecule has 1 aliphatic rings. The van der Waals surface area contributed by atoms with Crippen LogP contribution in [0.25, 0.3) is 0 Å². The maximum absolute atomic E-state index is 13.0. The molecule has 0 aromatic heterocycles. The largest absolute Gasteiger partial charge is 0.394 e. The van der Waals surface area contributed by atoms with Gasteiger partial charge in [0.2, 0.25) is 5.91 Å². The Morgan fingerprint density at radius 1 is 0.516 bits per heavy atom. The zero-order valence-corrected chi connectivity index (χ0v) is 41.8. The Morgan fingerprint density at radius 2 is 0.891 bits per heavy atom. The fourth-order valence-corrected chi connectivity index (χ4v) is 8.88. The number of hydrogen-bond donors (Lipinski definition) is 6. The SMILES string of the molecule is CCCCCCCCCCCCCCCC/C=C/CC/C=C/C(O)C(COC1OC(CO)C(O)C(O)C1O)NC(=O)CCCCCCCCCCCCCCCCCCCCCCC. The summed E-state index contributed by atoms with van der Waals surface area (Å²) >= 11 is 0. The molecule has 0 bridgehead atoms. The van der Waals surface area contributed by atoms with Crippen LogP contribution in [0.4, 0.5) is 0 Å². The van der Waals surface area contributed by atoms with Gasteiger partial charge in [-0.25, -0.2) is 0 Å². The van der Waals surface area contributed by atoms with Crippen LogP contribution in [0.5, 0.6) is 0 Å². The van der Waals surface area contributed by atoms with Crippen molar-refractivity contribution in [1.29, 1.82) is 0 Å². The first-order valence-electron chi connectivity index (χ1n) is 27.6. The van der Waals surface area contributed by atoms with Gasteiger partial charge in [0.25, 0.3) is 0 Å². The predicted octanol–water partition coefficient (Wildman–Crippen LogP) is 13.0. The molecule has 0 aromatic carbocycles. The maximum atomic E-state index is 13.0. The van der Waals surface area contributed by atoms with E-state index in [9.17, 15) is 30.3 Å². The molecule has 0 aliphatic carbocycles. The van der Waals surface area contributed by atoms with Gasteiger partial charge < -0.3 is 40.3 Å². The van der Waals surface area contributed by atoms with Crippen LogP contribution in [-0.2, 0) is 14.3 Å². The molecule has 0 radical (unpaired) electrons. The molecule has 378 valence electrons. The number of aliphatic hydroxyl groups is 5. The van der Waals surface area contributed by atoms with Crippen molar-refractivity contribution in [2.24, 2.45) is 0 Å².